The lowest BCUT2D eigenvalue weighted by Crippen LogP contribution is -2.19. The first-order valence-electron chi connectivity index (χ1n) is 4.84. The van der Waals surface area contributed by atoms with Crippen molar-refractivity contribution in [1.29, 1.82) is 0 Å². The summed E-state index contributed by atoms with van der Waals surface area (Å²) in [6.45, 7) is 0. The monoisotopic (exact) mass is 340 g/mol. The van der Waals surface area contributed by atoms with Crippen LogP contribution >= 0.6 is 31.9 Å². The summed E-state index contributed by atoms with van der Waals surface area (Å²) >= 11 is 6.81. The quantitative estimate of drug-likeness (QED) is 0.817. The van der Waals surface area contributed by atoms with Crippen molar-refractivity contribution in [3.8, 4) is 0 Å². The zero-order valence-corrected chi connectivity index (χ0v) is 11.6. The van der Waals surface area contributed by atoms with Crippen LogP contribution in [0.3, 0.4) is 0 Å². The number of aliphatic hydroxyl groups is 1. The molecule has 16 heavy (non-hydrogen) atoms. The van der Waals surface area contributed by atoms with Gasteiger partial charge in [-0.05, 0) is 27.6 Å². The highest BCUT2D eigenvalue weighted by Crippen LogP contribution is 2.39. The molecule has 2 rings (SSSR count). The molecular weight excluding hydrogens is 332 g/mol. The SMILES string of the molecule is OC(Br)(c1ccccc1)c1ccccc1Br. The maximum Gasteiger partial charge on any atom is 0.171 e. The fourth-order valence-corrected chi connectivity index (χ4v) is 2.99. The van der Waals surface area contributed by atoms with Gasteiger partial charge in [0.15, 0.2) is 4.51 Å². The summed E-state index contributed by atoms with van der Waals surface area (Å²) in [5.74, 6) is 0. The molecule has 0 amide bonds. The van der Waals surface area contributed by atoms with E-state index in [4.69, 9.17) is 0 Å². The Kier molecular flexibility index (Phi) is 3.47. The van der Waals surface area contributed by atoms with E-state index in [9.17, 15) is 5.11 Å². The molecule has 2 aromatic rings. The van der Waals surface area contributed by atoms with Gasteiger partial charge >= 0.3 is 0 Å². The van der Waals surface area contributed by atoms with Gasteiger partial charge in [-0.2, -0.15) is 0 Å². The van der Waals surface area contributed by atoms with Gasteiger partial charge in [-0.3, -0.25) is 0 Å². The molecule has 1 atom stereocenters. The van der Waals surface area contributed by atoms with Crippen LogP contribution in [0.4, 0.5) is 0 Å². The minimum Gasteiger partial charge on any atom is -0.371 e. The molecule has 0 saturated heterocycles. The van der Waals surface area contributed by atoms with Crippen molar-refractivity contribution in [3.63, 3.8) is 0 Å². The van der Waals surface area contributed by atoms with Gasteiger partial charge in [-0.15, -0.1) is 0 Å². The lowest BCUT2D eigenvalue weighted by Gasteiger charge is -2.23. The lowest BCUT2D eigenvalue weighted by atomic mass is 10.0. The normalized spacial score (nSPS) is 14.4. The first-order valence-corrected chi connectivity index (χ1v) is 6.43. The second-order valence-corrected chi connectivity index (χ2v) is 5.47. The molecule has 3 heteroatoms. The highest BCUT2D eigenvalue weighted by molar-refractivity contribution is 9.11. The van der Waals surface area contributed by atoms with Gasteiger partial charge in [0.1, 0.15) is 0 Å². The van der Waals surface area contributed by atoms with E-state index in [2.05, 4.69) is 31.9 Å². The Labute approximate surface area is 111 Å². The highest BCUT2D eigenvalue weighted by Gasteiger charge is 2.29. The first-order chi connectivity index (χ1) is 7.62. The molecule has 0 bridgehead atoms. The molecule has 0 aliphatic heterocycles. The summed E-state index contributed by atoms with van der Waals surface area (Å²) in [5, 5.41) is 10.5. The second-order valence-electron chi connectivity index (χ2n) is 3.47. The Morgan fingerprint density at radius 3 is 2.06 bits per heavy atom. The van der Waals surface area contributed by atoms with Crippen LogP contribution in [0, 0.1) is 0 Å². The number of benzene rings is 2. The molecule has 0 radical (unpaired) electrons. The van der Waals surface area contributed by atoms with Gasteiger partial charge in [-0.25, -0.2) is 0 Å². The minimum atomic E-state index is -1.16. The predicted molar refractivity (Wildman–Crippen MR) is 72.5 cm³/mol. The van der Waals surface area contributed by atoms with Gasteiger partial charge < -0.3 is 5.11 Å². The van der Waals surface area contributed by atoms with Gasteiger partial charge in [0.2, 0.25) is 0 Å². The van der Waals surface area contributed by atoms with Gasteiger partial charge in [-0.1, -0.05) is 64.5 Å². The number of rotatable bonds is 2. The second kappa shape index (κ2) is 4.70. The van der Waals surface area contributed by atoms with E-state index < -0.39 is 4.51 Å². The molecule has 1 unspecified atom stereocenters. The minimum absolute atomic E-state index is 0.793. The Hall–Kier alpha value is -0.640. The third kappa shape index (κ3) is 2.21. The Balaban J connectivity index is 2.51. The smallest absolute Gasteiger partial charge is 0.171 e. The standard InChI is InChI=1S/C13H10Br2O/c14-12-9-5-4-8-11(12)13(15,16)10-6-2-1-3-7-10/h1-9,16H. The van der Waals surface area contributed by atoms with E-state index in [0.29, 0.717) is 0 Å². The van der Waals surface area contributed by atoms with Crippen LogP contribution in [-0.4, -0.2) is 5.11 Å². The number of halogens is 2. The van der Waals surface area contributed by atoms with Crippen LogP contribution in [0.2, 0.25) is 0 Å². The van der Waals surface area contributed by atoms with Crippen molar-refractivity contribution in [1.82, 2.24) is 0 Å². The van der Waals surface area contributed by atoms with Gasteiger partial charge in [0.05, 0.1) is 0 Å². The summed E-state index contributed by atoms with van der Waals surface area (Å²) < 4.78 is -0.285. The fraction of sp³-hybridized carbons (Fsp3) is 0.0769. The van der Waals surface area contributed by atoms with Crippen molar-refractivity contribution in [2.45, 2.75) is 4.51 Å². The summed E-state index contributed by atoms with van der Waals surface area (Å²) in [6, 6.07) is 17.1. The average Bonchev–Trinajstić information content (AvgIpc) is 2.30. The molecule has 0 spiro atoms. The molecule has 0 fully saturated rings. The molecular formula is C13H10Br2O. The van der Waals surface area contributed by atoms with E-state index in [1.807, 2.05) is 54.6 Å². The van der Waals surface area contributed by atoms with E-state index in [1.54, 1.807) is 0 Å². The number of hydrogen-bond donors (Lipinski definition) is 1. The molecule has 1 nitrogen and oxygen atoms in total. The van der Waals surface area contributed by atoms with Gasteiger partial charge in [0, 0.05) is 10.0 Å². The fourth-order valence-electron chi connectivity index (χ4n) is 1.54. The van der Waals surface area contributed by atoms with Crippen molar-refractivity contribution in [2.24, 2.45) is 0 Å². The topological polar surface area (TPSA) is 20.2 Å². The largest absolute Gasteiger partial charge is 0.371 e. The summed E-state index contributed by atoms with van der Waals surface area (Å²) in [7, 11) is 0. The Bertz CT molecular complexity index is 480. The molecule has 0 aromatic heterocycles. The molecule has 2 aromatic carbocycles. The zero-order chi connectivity index (χ0) is 11.6. The average molecular weight is 342 g/mol. The van der Waals surface area contributed by atoms with Crippen LogP contribution in [0.5, 0.6) is 0 Å². The molecule has 0 aliphatic rings. The molecule has 82 valence electrons. The van der Waals surface area contributed by atoms with Crippen LogP contribution in [0.15, 0.2) is 59.1 Å². The van der Waals surface area contributed by atoms with Crippen molar-refractivity contribution in [2.75, 3.05) is 0 Å². The summed E-state index contributed by atoms with van der Waals surface area (Å²) in [5.41, 5.74) is 1.60. The Morgan fingerprint density at radius 1 is 0.875 bits per heavy atom. The van der Waals surface area contributed by atoms with Crippen molar-refractivity contribution < 1.29 is 5.11 Å². The van der Waals surface area contributed by atoms with Crippen molar-refractivity contribution >= 4 is 31.9 Å². The maximum absolute atomic E-state index is 10.5. The molecule has 0 heterocycles. The summed E-state index contributed by atoms with van der Waals surface area (Å²) in [4.78, 5) is 0. The van der Waals surface area contributed by atoms with Crippen LogP contribution in [-0.2, 0) is 4.51 Å². The van der Waals surface area contributed by atoms with E-state index in [0.717, 1.165) is 15.6 Å². The first kappa shape index (κ1) is 11.8. The number of hydrogen-bond acceptors (Lipinski definition) is 1. The maximum atomic E-state index is 10.5. The lowest BCUT2D eigenvalue weighted by molar-refractivity contribution is 0.189. The third-order valence-corrected chi connectivity index (χ3v) is 3.96. The third-order valence-electron chi connectivity index (χ3n) is 2.39. The zero-order valence-electron chi connectivity index (χ0n) is 8.40. The van der Waals surface area contributed by atoms with Crippen LogP contribution in [0.25, 0.3) is 0 Å². The highest BCUT2D eigenvalue weighted by atomic mass is 79.9. The van der Waals surface area contributed by atoms with Crippen molar-refractivity contribution in [3.05, 3.63) is 70.2 Å². The van der Waals surface area contributed by atoms with E-state index >= 15 is 0 Å². The van der Waals surface area contributed by atoms with E-state index in [1.165, 1.54) is 0 Å². The van der Waals surface area contributed by atoms with Gasteiger partial charge in [0.25, 0.3) is 0 Å². The summed E-state index contributed by atoms with van der Waals surface area (Å²) in [6.07, 6.45) is 0. The number of alkyl halides is 1. The Morgan fingerprint density at radius 2 is 1.44 bits per heavy atom. The predicted octanol–water partition coefficient (Wildman–Crippen LogP) is 4.04. The van der Waals surface area contributed by atoms with E-state index in [-0.39, 0.29) is 0 Å². The molecule has 1 N–H and O–H groups in total. The van der Waals surface area contributed by atoms with Crippen LogP contribution < -0.4 is 0 Å². The molecule has 0 saturated carbocycles. The van der Waals surface area contributed by atoms with Crippen LogP contribution in [0.1, 0.15) is 11.1 Å². The molecule has 0 aliphatic carbocycles.